The summed E-state index contributed by atoms with van der Waals surface area (Å²) in [5, 5.41) is 11.8. The molecule has 1 aromatic rings. The fourth-order valence-corrected chi connectivity index (χ4v) is 1.04. The standard InChI is InChI=1S/C11H13NO3/c1-8-3-4-10(5-9(8)2)6-12-15-7-11(13)14/h3-6H,7H2,1-2H3,(H,13,14). The highest BCUT2D eigenvalue weighted by Gasteiger charge is 1.95. The maximum Gasteiger partial charge on any atom is 0.344 e. The molecule has 0 saturated carbocycles. The number of hydrogen-bond acceptors (Lipinski definition) is 3. The molecule has 0 fully saturated rings. The molecule has 80 valence electrons. The molecular formula is C11H13NO3. The summed E-state index contributed by atoms with van der Waals surface area (Å²) >= 11 is 0. The molecule has 4 nitrogen and oxygen atoms in total. The Balaban J connectivity index is 2.57. The summed E-state index contributed by atoms with van der Waals surface area (Å²) in [6.07, 6.45) is 1.50. The van der Waals surface area contributed by atoms with E-state index in [1.807, 2.05) is 32.0 Å². The lowest BCUT2D eigenvalue weighted by molar-refractivity contribution is -0.142. The first-order valence-electron chi connectivity index (χ1n) is 4.54. The van der Waals surface area contributed by atoms with Crippen molar-refractivity contribution < 1.29 is 14.7 Å². The van der Waals surface area contributed by atoms with Gasteiger partial charge in [0.1, 0.15) is 0 Å². The molecule has 0 bridgehead atoms. The number of benzene rings is 1. The zero-order chi connectivity index (χ0) is 11.3. The van der Waals surface area contributed by atoms with Crippen molar-refractivity contribution in [2.45, 2.75) is 13.8 Å². The smallest absolute Gasteiger partial charge is 0.344 e. The Kier molecular flexibility index (Phi) is 3.85. The summed E-state index contributed by atoms with van der Waals surface area (Å²) in [5.41, 5.74) is 3.26. The minimum Gasteiger partial charge on any atom is -0.479 e. The molecule has 0 heterocycles. The third-order valence-electron chi connectivity index (χ3n) is 2.00. The van der Waals surface area contributed by atoms with Gasteiger partial charge in [-0.3, -0.25) is 0 Å². The Hall–Kier alpha value is -1.84. The number of carboxylic acid groups (broad SMARTS) is 1. The van der Waals surface area contributed by atoms with Crippen LogP contribution in [0.4, 0.5) is 0 Å². The van der Waals surface area contributed by atoms with E-state index in [4.69, 9.17) is 5.11 Å². The van der Waals surface area contributed by atoms with Crippen molar-refractivity contribution >= 4 is 12.2 Å². The SMILES string of the molecule is Cc1ccc(C=NOCC(=O)O)cc1C. The number of aryl methyl sites for hydroxylation is 2. The summed E-state index contributed by atoms with van der Waals surface area (Å²) in [6, 6.07) is 5.84. The molecule has 4 heteroatoms. The van der Waals surface area contributed by atoms with Gasteiger partial charge in [-0.1, -0.05) is 23.4 Å². The Labute approximate surface area is 88.2 Å². The van der Waals surface area contributed by atoms with Crippen LogP contribution in [0.25, 0.3) is 0 Å². The van der Waals surface area contributed by atoms with Crippen LogP contribution in [0.2, 0.25) is 0 Å². The molecule has 0 atom stereocenters. The maximum atomic E-state index is 10.1. The highest BCUT2D eigenvalue weighted by atomic mass is 16.6. The second-order valence-electron chi connectivity index (χ2n) is 3.25. The molecule has 0 unspecified atom stereocenters. The van der Waals surface area contributed by atoms with Gasteiger partial charge in [0.05, 0.1) is 6.21 Å². The minimum absolute atomic E-state index is 0.415. The fourth-order valence-electron chi connectivity index (χ4n) is 1.04. The summed E-state index contributed by atoms with van der Waals surface area (Å²) < 4.78 is 0. The van der Waals surface area contributed by atoms with Crippen LogP contribution in [0.5, 0.6) is 0 Å². The van der Waals surface area contributed by atoms with Gasteiger partial charge in [-0.2, -0.15) is 0 Å². The van der Waals surface area contributed by atoms with E-state index in [-0.39, 0.29) is 0 Å². The van der Waals surface area contributed by atoms with Crippen molar-refractivity contribution in [2.24, 2.45) is 5.16 Å². The van der Waals surface area contributed by atoms with Crippen LogP contribution >= 0.6 is 0 Å². The number of carbonyl (C=O) groups is 1. The van der Waals surface area contributed by atoms with Crippen molar-refractivity contribution in [3.8, 4) is 0 Å². The normalized spacial score (nSPS) is 10.5. The van der Waals surface area contributed by atoms with E-state index in [0.717, 1.165) is 11.1 Å². The summed E-state index contributed by atoms with van der Waals surface area (Å²) in [6.45, 7) is 3.61. The average Bonchev–Trinajstić information content (AvgIpc) is 2.18. The largest absolute Gasteiger partial charge is 0.479 e. The molecule has 1 aromatic carbocycles. The van der Waals surface area contributed by atoms with Crippen molar-refractivity contribution in [1.82, 2.24) is 0 Å². The topological polar surface area (TPSA) is 58.9 Å². The van der Waals surface area contributed by atoms with E-state index >= 15 is 0 Å². The average molecular weight is 207 g/mol. The predicted molar refractivity (Wildman–Crippen MR) is 57.1 cm³/mol. The van der Waals surface area contributed by atoms with Crippen LogP contribution in [0.3, 0.4) is 0 Å². The van der Waals surface area contributed by atoms with E-state index in [2.05, 4.69) is 9.99 Å². The lowest BCUT2D eigenvalue weighted by Crippen LogP contribution is -2.03. The zero-order valence-corrected chi connectivity index (χ0v) is 8.73. The van der Waals surface area contributed by atoms with Crippen molar-refractivity contribution in [2.75, 3.05) is 6.61 Å². The Morgan fingerprint density at radius 2 is 2.20 bits per heavy atom. The lowest BCUT2D eigenvalue weighted by Gasteiger charge is -2.00. The van der Waals surface area contributed by atoms with E-state index in [1.165, 1.54) is 11.8 Å². The summed E-state index contributed by atoms with van der Waals surface area (Å²) in [4.78, 5) is 14.6. The van der Waals surface area contributed by atoms with Gasteiger partial charge in [0, 0.05) is 0 Å². The monoisotopic (exact) mass is 207 g/mol. The quantitative estimate of drug-likeness (QED) is 0.604. The van der Waals surface area contributed by atoms with Gasteiger partial charge in [0.15, 0.2) is 0 Å². The van der Waals surface area contributed by atoms with Crippen LogP contribution in [-0.2, 0) is 9.63 Å². The molecule has 1 rings (SSSR count). The minimum atomic E-state index is -1.03. The molecular weight excluding hydrogens is 194 g/mol. The molecule has 0 radical (unpaired) electrons. The van der Waals surface area contributed by atoms with E-state index in [0.29, 0.717) is 0 Å². The van der Waals surface area contributed by atoms with Gasteiger partial charge in [0.2, 0.25) is 6.61 Å². The van der Waals surface area contributed by atoms with Crippen molar-refractivity contribution in [1.29, 1.82) is 0 Å². The number of carboxylic acids is 1. The first-order valence-corrected chi connectivity index (χ1v) is 4.54. The van der Waals surface area contributed by atoms with Gasteiger partial charge in [0.25, 0.3) is 0 Å². The van der Waals surface area contributed by atoms with E-state index in [9.17, 15) is 4.79 Å². The molecule has 0 aliphatic heterocycles. The first-order chi connectivity index (χ1) is 7.09. The maximum absolute atomic E-state index is 10.1. The van der Waals surface area contributed by atoms with Crippen LogP contribution in [0, 0.1) is 13.8 Å². The van der Waals surface area contributed by atoms with Crippen LogP contribution in [0.1, 0.15) is 16.7 Å². The second kappa shape index (κ2) is 5.14. The number of hydrogen-bond donors (Lipinski definition) is 1. The molecule has 1 N–H and O–H groups in total. The number of rotatable bonds is 4. The van der Waals surface area contributed by atoms with Gasteiger partial charge in [-0.05, 0) is 30.5 Å². The van der Waals surface area contributed by atoms with Crippen molar-refractivity contribution in [3.63, 3.8) is 0 Å². The van der Waals surface area contributed by atoms with E-state index in [1.54, 1.807) is 0 Å². The van der Waals surface area contributed by atoms with Gasteiger partial charge in [-0.25, -0.2) is 4.79 Å². The summed E-state index contributed by atoms with van der Waals surface area (Å²) in [7, 11) is 0. The second-order valence-corrected chi connectivity index (χ2v) is 3.25. The van der Waals surface area contributed by atoms with E-state index < -0.39 is 12.6 Å². The molecule has 0 aliphatic rings. The third-order valence-corrected chi connectivity index (χ3v) is 2.00. The Bertz CT molecular complexity index is 385. The third kappa shape index (κ3) is 3.81. The molecule has 0 amide bonds. The summed E-state index contributed by atoms with van der Waals surface area (Å²) in [5.74, 6) is -1.03. The molecule has 0 aliphatic carbocycles. The predicted octanol–water partition coefficient (Wildman–Crippen LogP) is 1.74. The molecule has 0 spiro atoms. The number of nitrogens with zero attached hydrogens (tertiary/aromatic N) is 1. The van der Waals surface area contributed by atoms with Crippen LogP contribution < -0.4 is 0 Å². The first kappa shape index (κ1) is 11.2. The zero-order valence-electron chi connectivity index (χ0n) is 8.73. The Morgan fingerprint density at radius 1 is 1.47 bits per heavy atom. The van der Waals surface area contributed by atoms with Gasteiger partial charge < -0.3 is 9.94 Å². The molecule has 15 heavy (non-hydrogen) atoms. The molecule has 0 aromatic heterocycles. The Morgan fingerprint density at radius 3 is 2.80 bits per heavy atom. The van der Waals surface area contributed by atoms with Crippen LogP contribution in [-0.4, -0.2) is 23.9 Å². The van der Waals surface area contributed by atoms with Gasteiger partial charge in [-0.15, -0.1) is 0 Å². The fraction of sp³-hybridized carbons (Fsp3) is 0.273. The highest BCUT2D eigenvalue weighted by Crippen LogP contribution is 2.07. The lowest BCUT2D eigenvalue weighted by atomic mass is 10.1. The van der Waals surface area contributed by atoms with Gasteiger partial charge >= 0.3 is 5.97 Å². The number of oxime groups is 1. The number of aliphatic carboxylic acids is 1. The van der Waals surface area contributed by atoms with Crippen LogP contribution in [0.15, 0.2) is 23.4 Å². The molecule has 0 saturated heterocycles. The highest BCUT2D eigenvalue weighted by molar-refractivity contribution is 5.79. The van der Waals surface area contributed by atoms with Crippen molar-refractivity contribution in [3.05, 3.63) is 34.9 Å².